The molecule has 0 radical (unpaired) electrons. The summed E-state index contributed by atoms with van der Waals surface area (Å²) in [5, 5.41) is 17.7. The highest BCUT2D eigenvalue weighted by atomic mass is 16.5. The smallest absolute Gasteiger partial charge is 0.277 e. The van der Waals surface area contributed by atoms with Crippen molar-refractivity contribution in [3.63, 3.8) is 0 Å². The topological polar surface area (TPSA) is 98.7 Å². The van der Waals surface area contributed by atoms with Gasteiger partial charge in [-0.15, -0.1) is 5.10 Å². The van der Waals surface area contributed by atoms with Gasteiger partial charge in [0, 0.05) is 17.3 Å². The van der Waals surface area contributed by atoms with Crippen LogP contribution < -0.4 is 5.32 Å². The van der Waals surface area contributed by atoms with Gasteiger partial charge in [0.05, 0.1) is 5.69 Å². The Morgan fingerprint density at radius 3 is 2.73 bits per heavy atom. The number of carbonyl (C=O) groups excluding carboxylic acids is 1. The van der Waals surface area contributed by atoms with E-state index in [1.807, 2.05) is 37.3 Å². The van der Waals surface area contributed by atoms with Gasteiger partial charge in [-0.05, 0) is 35.5 Å². The van der Waals surface area contributed by atoms with E-state index < -0.39 is 0 Å². The van der Waals surface area contributed by atoms with Crippen LogP contribution in [-0.2, 0) is 0 Å². The number of amides is 1. The first-order chi connectivity index (χ1) is 12.7. The van der Waals surface area contributed by atoms with E-state index in [4.69, 9.17) is 4.52 Å². The second-order valence-electron chi connectivity index (χ2n) is 5.70. The Kier molecular flexibility index (Phi) is 3.98. The molecule has 4 rings (SSSR count). The largest absolute Gasteiger partial charge is 0.355 e. The van der Waals surface area contributed by atoms with Crippen molar-refractivity contribution in [2.75, 3.05) is 5.32 Å². The molecule has 0 unspecified atom stereocenters. The van der Waals surface area contributed by atoms with Crippen LogP contribution in [0.3, 0.4) is 0 Å². The summed E-state index contributed by atoms with van der Waals surface area (Å²) in [4.78, 5) is 12.4. The summed E-state index contributed by atoms with van der Waals surface area (Å²) in [6.07, 6.45) is 1.48. The molecule has 0 saturated heterocycles. The molecule has 26 heavy (non-hydrogen) atoms. The fourth-order valence-corrected chi connectivity index (χ4v) is 2.44. The molecule has 0 bridgehead atoms. The maximum absolute atomic E-state index is 12.4. The second-order valence-corrected chi connectivity index (χ2v) is 5.70. The van der Waals surface area contributed by atoms with Gasteiger partial charge in [-0.2, -0.15) is 0 Å². The number of aryl methyl sites for hydroxylation is 1. The molecule has 1 N–H and O–H groups in total. The highest BCUT2D eigenvalue weighted by Gasteiger charge is 2.14. The lowest BCUT2D eigenvalue weighted by molar-refractivity contribution is 0.101. The van der Waals surface area contributed by atoms with Gasteiger partial charge in [0.1, 0.15) is 6.33 Å². The third-order valence-corrected chi connectivity index (χ3v) is 3.80. The number of benzene rings is 2. The van der Waals surface area contributed by atoms with Crippen LogP contribution in [0.5, 0.6) is 0 Å². The zero-order chi connectivity index (χ0) is 17.9. The molecule has 2 aromatic carbocycles. The number of rotatable bonds is 4. The lowest BCUT2D eigenvalue weighted by atomic mass is 10.1. The van der Waals surface area contributed by atoms with E-state index >= 15 is 0 Å². The standard InChI is InChI=1S/C18H14N6O2/c1-12-5-7-13(8-6-12)17-10-16(21-26-17)18(25)20-14-3-2-4-15(9-14)24-11-19-22-23-24/h2-11H,1H3,(H,20,25). The van der Waals surface area contributed by atoms with Gasteiger partial charge in [0.2, 0.25) is 0 Å². The van der Waals surface area contributed by atoms with Crippen molar-refractivity contribution in [3.8, 4) is 17.0 Å². The van der Waals surface area contributed by atoms with E-state index in [-0.39, 0.29) is 11.6 Å². The van der Waals surface area contributed by atoms with E-state index in [9.17, 15) is 4.79 Å². The molecular weight excluding hydrogens is 332 g/mol. The van der Waals surface area contributed by atoms with E-state index in [2.05, 4.69) is 26.0 Å². The Hall–Kier alpha value is -3.81. The first-order valence-electron chi connectivity index (χ1n) is 7.87. The van der Waals surface area contributed by atoms with Crippen LogP contribution in [0.2, 0.25) is 0 Å². The van der Waals surface area contributed by atoms with Crippen LogP contribution in [0.4, 0.5) is 5.69 Å². The first kappa shape index (κ1) is 15.7. The Morgan fingerprint density at radius 2 is 1.96 bits per heavy atom. The number of carbonyl (C=O) groups is 1. The van der Waals surface area contributed by atoms with Crippen LogP contribution in [0.15, 0.2) is 65.4 Å². The Bertz CT molecular complexity index is 1040. The molecule has 1 amide bonds. The number of tetrazole rings is 1. The van der Waals surface area contributed by atoms with E-state index in [0.717, 1.165) is 16.8 Å². The van der Waals surface area contributed by atoms with Crippen LogP contribution >= 0.6 is 0 Å². The van der Waals surface area contributed by atoms with Crippen molar-refractivity contribution in [3.05, 3.63) is 72.2 Å². The summed E-state index contributed by atoms with van der Waals surface area (Å²) in [7, 11) is 0. The van der Waals surface area contributed by atoms with Gasteiger partial charge >= 0.3 is 0 Å². The lowest BCUT2D eigenvalue weighted by Crippen LogP contribution is -2.12. The number of hydrogen-bond donors (Lipinski definition) is 1. The minimum atomic E-state index is -0.360. The Labute approximate surface area is 148 Å². The van der Waals surface area contributed by atoms with Crippen molar-refractivity contribution in [1.82, 2.24) is 25.4 Å². The van der Waals surface area contributed by atoms with E-state index in [1.165, 1.54) is 11.0 Å². The van der Waals surface area contributed by atoms with Crippen LogP contribution in [-0.4, -0.2) is 31.3 Å². The highest BCUT2D eigenvalue weighted by molar-refractivity contribution is 6.03. The average molecular weight is 346 g/mol. The second kappa shape index (κ2) is 6.60. The van der Waals surface area contributed by atoms with E-state index in [1.54, 1.807) is 24.3 Å². The first-order valence-corrected chi connectivity index (χ1v) is 7.87. The maximum atomic E-state index is 12.4. The molecular formula is C18H14N6O2. The van der Waals surface area contributed by atoms with Crippen LogP contribution in [0, 0.1) is 6.92 Å². The van der Waals surface area contributed by atoms with Gasteiger partial charge in [-0.25, -0.2) is 4.68 Å². The van der Waals surface area contributed by atoms with E-state index in [0.29, 0.717) is 11.4 Å². The number of nitrogens with one attached hydrogen (secondary N) is 1. The van der Waals surface area contributed by atoms with Crippen molar-refractivity contribution in [2.45, 2.75) is 6.92 Å². The molecule has 0 atom stereocenters. The summed E-state index contributed by atoms with van der Waals surface area (Å²) in [5.41, 5.74) is 3.54. The minimum absolute atomic E-state index is 0.202. The molecule has 2 aromatic heterocycles. The molecule has 2 heterocycles. The molecule has 0 fully saturated rings. The van der Waals surface area contributed by atoms with Gasteiger partial charge in [-0.1, -0.05) is 41.1 Å². The summed E-state index contributed by atoms with van der Waals surface area (Å²) < 4.78 is 6.79. The third kappa shape index (κ3) is 3.20. The molecule has 4 aromatic rings. The molecule has 8 nitrogen and oxygen atoms in total. The fourth-order valence-electron chi connectivity index (χ4n) is 2.44. The molecule has 0 saturated carbocycles. The summed E-state index contributed by atoms with van der Waals surface area (Å²) in [6.45, 7) is 2.01. The molecule has 0 aliphatic rings. The Balaban J connectivity index is 1.52. The lowest BCUT2D eigenvalue weighted by Gasteiger charge is -2.05. The van der Waals surface area contributed by atoms with Crippen molar-refractivity contribution >= 4 is 11.6 Å². The van der Waals surface area contributed by atoms with Crippen LogP contribution in [0.25, 0.3) is 17.0 Å². The molecule has 0 aliphatic heterocycles. The monoisotopic (exact) mass is 346 g/mol. The summed E-state index contributed by atoms with van der Waals surface area (Å²) in [5.74, 6) is 0.179. The van der Waals surface area contributed by atoms with Crippen LogP contribution in [0.1, 0.15) is 16.1 Å². The van der Waals surface area contributed by atoms with Crippen molar-refractivity contribution in [2.24, 2.45) is 0 Å². The average Bonchev–Trinajstić information content (AvgIpc) is 3.35. The molecule has 8 heteroatoms. The minimum Gasteiger partial charge on any atom is -0.355 e. The Morgan fingerprint density at radius 1 is 1.12 bits per heavy atom. The number of hydrogen-bond acceptors (Lipinski definition) is 6. The fraction of sp³-hybridized carbons (Fsp3) is 0.0556. The normalized spacial score (nSPS) is 10.7. The number of nitrogens with zero attached hydrogens (tertiary/aromatic N) is 5. The highest BCUT2D eigenvalue weighted by Crippen LogP contribution is 2.21. The molecule has 0 aliphatic carbocycles. The maximum Gasteiger partial charge on any atom is 0.277 e. The van der Waals surface area contributed by atoms with Crippen molar-refractivity contribution < 1.29 is 9.32 Å². The predicted octanol–water partition coefficient (Wildman–Crippen LogP) is 2.88. The van der Waals surface area contributed by atoms with Gasteiger partial charge in [-0.3, -0.25) is 4.79 Å². The predicted molar refractivity (Wildman–Crippen MR) is 93.8 cm³/mol. The summed E-state index contributed by atoms with van der Waals surface area (Å²) >= 11 is 0. The molecule has 0 spiro atoms. The quantitative estimate of drug-likeness (QED) is 0.610. The number of anilines is 1. The SMILES string of the molecule is Cc1ccc(-c2cc(C(=O)Nc3cccc(-n4cnnn4)c3)no2)cc1. The third-order valence-electron chi connectivity index (χ3n) is 3.80. The van der Waals surface area contributed by atoms with Gasteiger partial charge < -0.3 is 9.84 Å². The molecule has 128 valence electrons. The zero-order valence-corrected chi connectivity index (χ0v) is 13.8. The van der Waals surface area contributed by atoms with Gasteiger partial charge in [0.15, 0.2) is 11.5 Å². The van der Waals surface area contributed by atoms with Gasteiger partial charge in [0.25, 0.3) is 5.91 Å². The summed E-state index contributed by atoms with van der Waals surface area (Å²) in [6, 6.07) is 16.6. The zero-order valence-electron chi connectivity index (χ0n) is 13.8. The number of aromatic nitrogens is 5. The van der Waals surface area contributed by atoms with Crippen molar-refractivity contribution in [1.29, 1.82) is 0 Å².